The zero-order valence-electron chi connectivity index (χ0n) is 17.4. The highest BCUT2D eigenvalue weighted by Gasteiger charge is 2.20. The molecule has 2 aromatic carbocycles. The molecular weight excluding hydrogens is 390 g/mol. The minimum Gasteiger partial charge on any atom is -0.491 e. The van der Waals surface area contributed by atoms with Gasteiger partial charge in [0.15, 0.2) is 11.6 Å². The number of hydrogen-bond acceptors (Lipinski definition) is 7. The summed E-state index contributed by atoms with van der Waals surface area (Å²) in [6.07, 6.45) is 4.52. The van der Waals surface area contributed by atoms with Crippen LogP contribution in [-0.4, -0.2) is 46.9 Å². The van der Waals surface area contributed by atoms with Crippen molar-refractivity contribution in [2.45, 2.75) is 12.5 Å². The zero-order valence-corrected chi connectivity index (χ0v) is 17.4. The van der Waals surface area contributed by atoms with Crippen molar-refractivity contribution in [2.24, 2.45) is 0 Å². The average Bonchev–Trinajstić information content (AvgIpc) is 3.14. The maximum Gasteiger partial charge on any atom is 0.227 e. The van der Waals surface area contributed by atoms with Crippen molar-refractivity contribution in [3.8, 4) is 5.75 Å². The molecule has 1 saturated heterocycles. The molecule has 0 bridgehead atoms. The van der Waals surface area contributed by atoms with E-state index in [1.54, 1.807) is 19.5 Å². The number of aromatic nitrogens is 4. The summed E-state index contributed by atoms with van der Waals surface area (Å²) < 4.78 is 5.50. The first kappa shape index (κ1) is 19.3. The maximum absolute atomic E-state index is 5.50. The molecule has 8 nitrogen and oxygen atoms in total. The van der Waals surface area contributed by atoms with E-state index in [1.165, 1.54) is 5.56 Å². The minimum atomic E-state index is 0.337. The van der Waals surface area contributed by atoms with Crippen LogP contribution in [-0.2, 0) is 0 Å². The quantitative estimate of drug-likeness (QED) is 0.458. The average molecular weight is 416 g/mol. The van der Waals surface area contributed by atoms with Crippen LogP contribution in [0.1, 0.15) is 18.0 Å². The van der Waals surface area contributed by atoms with Gasteiger partial charge >= 0.3 is 0 Å². The number of nitrogens with zero attached hydrogens (tertiary/aromatic N) is 4. The van der Waals surface area contributed by atoms with Gasteiger partial charge in [-0.15, -0.1) is 0 Å². The number of fused-ring (bicyclic) bond motifs is 1. The number of anilines is 3. The summed E-state index contributed by atoms with van der Waals surface area (Å²) in [6, 6.07) is 16.9. The highest BCUT2D eigenvalue weighted by atomic mass is 16.5. The number of H-pyrrole nitrogens is 1. The molecular formula is C23H25N7O. The lowest BCUT2D eigenvalue weighted by Crippen LogP contribution is -2.29. The lowest BCUT2D eigenvalue weighted by atomic mass is 10.0. The van der Waals surface area contributed by atoms with E-state index in [1.807, 2.05) is 18.2 Å². The molecule has 1 unspecified atom stereocenters. The van der Waals surface area contributed by atoms with Crippen molar-refractivity contribution in [3.05, 3.63) is 66.5 Å². The van der Waals surface area contributed by atoms with Crippen molar-refractivity contribution in [1.82, 2.24) is 25.5 Å². The Labute approximate surface area is 180 Å². The van der Waals surface area contributed by atoms with Crippen LogP contribution in [0.25, 0.3) is 10.9 Å². The molecule has 3 N–H and O–H groups in total. The molecule has 1 aliphatic rings. The fourth-order valence-corrected chi connectivity index (χ4v) is 3.95. The number of hydrogen-bond donors (Lipinski definition) is 3. The van der Waals surface area contributed by atoms with Crippen molar-refractivity contribution >= 4 is 28.4 Å². The molecule has 3 heterocycles. The van der Waals surface area contributed by atoms with E-state index >= 15 is 0 Å². The predicted octanol–water partition coefficient (Wildman–Crippen LogP) is 3.65. The van der Waals surface area contributed by atoms with Gasteiger partial charge in [-0.05, 0) is 30.2 Å². The second kappa shape index (κ2) is 8.61. The SMILES string of the molecule is COc1cnc(N2CCNC(c3ccccc3)CC2)nc1Nc1ccc2[nH]ncc2c1. The fourth-order valence-electron chi connectivity index (χ4n) is 3.95. The number of methoxy groups -OCH3 is 1. The number of ether oxygens (including phenoxy) is 1. The Hall–Kier alpha value is -3.65. The second-order valence-corrected chi connectivity index (χ2v) is 7.58. The largest absolute Gasteiger partial charge is 0.491 e. The normalized spacial score (nSPS) is 16.8. The van der Waals surface area contributed by atoms with E-state index in [0.29, 0.717) is 23.6 Å². The molecule has 1 fully saturated rings. The minimum absolute atomic E-state index is 0.337. The molecule has 2 aromatic heterocycles. The lowest BCUT2D eigenvalue weighted by molar-refractivity contribution is 0.413. The topological polar surface area (TPSA) is 91.0 Å². The van der Waals surface area contributed by atoms with Gasteiger partial charge in [-0.2, -0.15) is 10.1 Å². The third-order valence-corrected chi connectivity index (χ3v) is 5.61. The van der Waals surface area contributed by atoms with Gasteiger partial charge in [0.2, 0.25) is 5.95 Å². The van der Waals surface area contributed by atoms with Gasteiger partial charge in [-0.25, -0.2) is 4.98 Å². The molecule has 8 heteroatoms. The summed E-state index contributed by atoms with van der Waals surface area (Å²) >= 11 is 0. The van der Waals surface area contributed by atoms with Gasteiger partial charge in [-0.1, -0.05) is 30.3 Å². The molecule has 1 aliphatic heterocycles. The molecule has 0 radical (unpaired) electrons. The monoisotopic (exact) mass is 415 g/mol. The van der Waals surface area contributed by atoms with Crippen LogP contribution in [0.15, 0.2) is 60.9 Å². The molecule has 31 heavy (non-hydrogen) atoms. The summed E-state index contributed by atoms with van der Waals surface area (Å²) in [5.74, 6) is 1.95. The predicted molar refractivity (Wildman–Crippen MR) is 122 cm³/mol. The molecule has 1 atom stereocenters. The van der Waals surface area contributed by atoms with Gasteiger partial charge in [0, 0.05) is 36.7 Å². The van der Waals surface area contributed by atoms with E-state index < -0.39 is 0 Å². The molecule has 4 aromatic rings. The Bertz CT molecular complexity index is 1160. The van der Waals surface area contributed by atoms with E-state index in [-0.39, 0.29) is 0 Å². The van der Waals surface area contributed by atoms with E-state index in [4.69, 9.17) is 9.72 Å². The number of benzene rings is 2. The molecule has 0 amide bonds. The Morgan fingerprint density at radius 2 is 2.00 bits per heavy atom. The molecule has 0 spiro atoms. The smallest absolute Gasteiger partial charge is 0.227 e. The van der Waals surface area contributed by atoms with Crippen LogP contribution in [0.2, 0.25) is 0 Å². The Balaban J connectivity index is 1.36. The van der Waals surface area contributed by atoms with Crippen LogP contribution in [0.3, 0.4) is 0 Å². The number of rotatable bonds is 5. The fraction of sp³-hybridized carbons (Fsp3) is 0.261. The molecule has 5 rings (SSSR count). The van der Waals surface area contributed by atoms with Gasteiger partial charge in [0.05, 0.1) is 25.0 Å². The number of aromatic amines is 1. The first-order valence-electron chi connectivity index (χ1n) is 10.4. The maximum atomic E-state index is 5.50. The summed E-state index contributed by atoms with van der Waals surface area (Å²) in [5.41, 5.74) is 3.22. The summed E-state index contributed by atoms with van der Waals surface area (Å²) in [5, 5.41) is 15.1. The molecule has 158 valence electrons. The van der Waals surface area contributed by atoms with Crippen LogP contribution < -0.4 is 20.3 Å². The van der Waals surface area contributed by atoms with Crippen molar-refractivity contribution in [2.75, 3.05) is 37.0 Å². The van der Waals surface area contributed by atoms with E-state index in [2.05, 4.69) is 61.0 Å². The summed E-state index contributed by atoms with van der Waals surface area (Å²) in [7, 11) is 1.63. The van der Waals surface area contributed by atoms with Gasteiger partial charge in [0.1, 0.15) is 0 Å². The van der Waals surface area contributed by atoms with Crippen LogP contribution >= 0.6 is 0 Å². The standard InChI is InChI=1S/C23H25N7O/c1-31-21-15-25-23(28-22(21)27-18-7-8-20-17(13-18)14-26-29-20)30-11-9-19(24-10-12-30)16-5-3-2-4-6-16/h2-8,13-15,19,24H,9-12H2,1H3,(H,26,29)(H,25,27,28). The highest BCUT2D eigenvalue weighted by molar-refractivity contribution is 5.83. The van der Waals surface area contributed by atoms with Gasteiger partial charge in [0.25, 0.3) is 0 Å². The van der Waals surface area contributed by atoms with Crippen LogP contribution in [0.5, 0.6) is 5.75 Å². The van der Waals surface area contributed by atoms with E-state index in [9.17, 15) is 0 Å². The van der Waals surface area contributed by atoms with Crippen molar-refractivity contribution < 1.29 is 4.74 Å². The van der Waals surface area contributed by atoms with Crippen LogP contribution in [0, 0.1) is 0 Å². The first-order valence-corrected chi connectivity index (χ1v) is 10.4. The molecule has 0 aliphatic carbocycles. The first-order chi connectivity index (χ1) is 15.3. The summed E-state index contributed by atoms with van der Waals surface area (Å²) in [4.78, 5) is 11.6. The highest BCUT2D eigenvalue weighted by Crippen LogP contribution is 2.29. The Morgan fingerprint density at radius 1 is 1.10 bits per heavy atom. The van der Waals surface area contributed by atoms with Crippen molar-refractivity contribution in [1.29, 1.82) is 0 Å². The zero-order chi connectivity index (χ0) is 21.0. The Morgan fingerprint density at radius 3 is 2.87 bits per heavy atom. The van der Waals surface area contributed by atoms with Gasteiger partial charge < -0.3 is 20.3 Å². The third-order valence-electron chi connectivity index (χ3n) is 5.61. The van der Waals surface area contributed by atoms with Crippen molar-refractivity contribution in [3.63, 3.8) is 0 Å². The third kappa shape index (κ3) is 4.15. The Kier molecular flexibility index (Phi) is 5.37. The van der Waals surface area contributed by atoms with Gasteiger partial charge in [-0.3, -0.25) is 5.10 Å². The van der Waals surface area contributed by atoms with E-state index in [0.717, 1.165) is 42.6 Å². The lowest BCUT2D eigenvalue weighted by Gasteiger charge is -2.21. The molecule has 0 saturated carbocycles. The summed E-state index contributed by atoms with van der Waals surface area (Å²) in [6.45, 7) is 2.59. The second-order valence-electron chi connectivity index (χ2n) is 7.58. The number of nitrogens with one attached hydrogen (secondary N) is 3. The van der Waals surface area contributed by atoms with Crippen LogP contribution in [0.4, 0.5) is 17.5 Å².